The molecule has 0 atom stereocenters. The van der Waals surface area contributed by atoms with Gasteiger partial charge in [-0.3, -0.25) is 0 Å². The zero-order valence-corrected chi connectivity index (χ0v) is 14.4. The first-order valence-electron chi connectivity index (χ1n) is 9.02. The lowest BCUT2D eigenvalue weighted by atomic mass is 9.86. The molecular formula is C20H27N3. The summed E-state index contributed by atoms with van der Waals surface area (Å²) in [4.78, 5) is 4.91. The summed E-state index contributed by atoms with van der Waals surface area (Å²) in [6.45, 7) is 5.05. The Morgan fingerprint density at radius 3 is 2.65 bits per heavy atom. The number of imidazole rings is 1. The fourth-order valence-corrected chi connectivity index (χ4v) is 3.84. The highest BCUT2D eigenvalue weighted by molar-refractivity contribution is 5.78. The maximum absolute atomic E-state index is 8.98. The predicted octanol–water partition coefficient (Wildman–Crippen LogP) is 5.08. The first kappa shape index (κ1) is 16.1. The van der Waals surface area contributed by atoms with E-state index in [1.807, 2.05) is 0 Å². The molecule has 1 aliphatic carbocycles. The summed E-state index contributed by atoms with van der Waals surface area (Å²) in [5.41, 5.74) is 4.88. The minimum atomic E-state index is 0.550. The summed E-state index contributed by atoms with van der Waals surface area (Å²) in [7, 11) is 0. The summed E-state index contributed by atoms with van der Waals surface area (Å²) in [5.74, 6) is 2.04. The molecule has 0 amide bonds. The highest BCUT2D eigenvalue weighted by Gasteiger charge is 2.16. The van der Waals surface area contributed by atoms with Gasteiger partial charge in [-0.05, 0) is 49.4 Å². The maximum Gasteiger partial charge on any atom is 0.109 e. The summed E-state index contributed by atoms with van der Waals surface area (Å²) in [6.07, 6.45) is 9.82. The van der Waals surface area contributed by atoms with E-state index >= 15 is 0 Å². The number of benzene rings is 1. The van der Waals surface area contributed by atoms with Crippen molar-refractivity contribution in [1.82, 2.24) is 9.55 Å². The van der Waals surface area contributed by atoms with Crippen LogP contribution in [0.4, 0.5) is 0 Å². The van der Waals surface area contributed by atoms with E-state index in [4.69, 9.17) is 10.2 Å². The zero-order valence-electron chi connectivity index (χ0n) is 14.4. The molecule has 1 fully saturated rings. The largest absolute Gasteiger partial charge is 0.327 e. The molecule has 1 aromatic heterocycles. The highest BCUT2D eigenvalue weighted by atomic mass is 15.1. The first-order chi connectivity index (χ1) is 11.2. The van der Waals surface area contributed by atoms with Crippen LogP contribution in [0.1, 0.15) is 61.9 Å². The number of nitriles is 1. The molecule has 122 valence electrons. The van der Waals surface area contributed by atoms with Crippen molar-refractivity contribution in [3.63, 3.8) is 0 Å². The Kier molecular flexibility index (Phi) is 5.00. The standard InChI is InChI=1S/C20H27N3/c1-15-13-18-19(14-16(15)2)23(12-6-11-21)20(22-18)10-9-17-7-4-3-5-8-17/h13-14,17H,3-10,12H2,1-2H3. The van der Waals surface area contributed by atoms with Crippen molar-refractivity contribution in [3.8, 4) is 6.07 Å². The van der Waals surface area contributed by atoms with Gasteiger partial charge in [0.05, 0.1) is 23.5 Å². The molecule has 3 nitrogen and oxygen atoms in total. The number of nitrogens with zero attached hydrogens (tertiary/aromatic N) is 3. The zero-order chi connectivity index (χ0) is 16.2. The third-order valence-corrected chi connectivity index (χ3v) is 5.39. The fraction of sp³-hybridized carbons (Fsp3) is 0.600. The summed E-state index contributed by atoms with van der Waals surface area (Å²) < 4.78 is 2.29. The Morgan fingerprint density at radius 2 is 1.91 bits per heavy atom. The van der Waals surface area contributed by atoms with Gasteiger partial charge >= 0.3 is 0 Å². The van der Waals surface area contributed by atoms with Gasteiger partial charge in [0.2, 0.25) is 0 Å². The lowest BCUT2D eigenvalue weighted by Crippen LogP contribution is -2.10. The fourth-order valence-electron chi connectivity index (χ4n) is 3.84. The van der Waals surface area contributed by atoms with Crippen molar-refractivity contribution in [2.24, 2.45) is 5.92 Å². The normalized spacial score (nSPS) is 15.9. The molecule has 0 radical (unpaired) electrons. The van der Waals surface area contributed by atoms with Crippen LogP contribution in [0.25, 0.3) is 11.0 Å². The van der Waals surface area contributed by atoms with Crippen LogP contribution in [0, 0.1) is 31.1 Å². The van der Waals surface area contributed by atoms with Gasteiger partial charge < -0.3 is 4.57 Å². The Labute approximate surface area is 139 Å². The Hall–Kier alpha value is -1.82. The van der Waals surface area contributed by atoms with Gasteiger partial charge in [0.25, 0.3) is 0 Å². The van der Waals surface area contributed by atoms with E-state index in [-0.39, 0.29) is 0 Å². The third kappa shape index (κ3) is 3.58. The molecule has 0 spiro atoms. The molecular weight excluding hydrogens is 282 g/mol. The molecule has 1 aliphatic rings. The quantitative estimate of drug-likeness (QED) is 0.773. The number of fused-ring (bicyclic) bond motifs is 1. The van der Waals surface area contributed by atoms with Crippen molar-refractivity contribution in [2.45, 2.75) is 71.8 Å². The second kappa shape index (κ2) is 7.17. The molecule has 3 rings (SSSR count). The minimum absolute atomic E-state index is 0.550. The second-order valence-corrected chi connectivity index (χ2v) is 7.06. The molecule has 1 saturated carbocycles. The monoisotopic (exact) mass is 309 g/mol. The van der Waals surface area contributed by atoms with Crippen LogP contribution in [0.2, 0.25) is 0 Å². The minimum Gasteiger partial charge on any atom is -0.327 e. The van der Waals surface area contributed by atoms with Crippen LogP contribution in [-0.2, 0) is 13.0 Å². The molecule has 1 heterocycles. The van der Waals surface area contributed by atoms with E-state index in [9.17, 15) is 0 Å². The molecule has 23 heavy (non-hydrogen) atoms. The molecule has 1 aromatic carbocycles. The molecule has 0 bridgehead atoms. The third-order valence-electron chi connectivity index (χ3n) is 5.39. The van der Waals surface area contributed by atoms with E-state index in [1.54, 1.807) is 0 Å². The molecule has 3 heteroatoms. The topological polar surface area (TPSA) is 41.6 Å². The highest BCUT2D eigenvalue weighted by Crippen LogP contribution is 2.28. The first-order valence-corrected chi connectivity index (χ1v) is 9.02. The van der Waals surface area contributed by atoms with Crippen molar-refractivity contribution in [3.05, 3.63) is 29.1 Å². The lowest BCUT2D eigenvalue weighted by molar-refractivity contribution is 0.336. The van der Waals surface area contributed by atoms with E-state index in [0.717, 1.165) is 24.4 Å². The Morgan fingerprint density at radius 1 is 1.17 bits per heavy atom. The van der Waals surface area contributed by atoms with Gasteiger partial charge in [0.1, 0.15) is 5.82 Å². The number of aryl methyl sites for hydroxylation is 4. The maximum atomic E-state index is 8.98. The van der Waals surface area contributed by atoms with Crippen LogP contribution in [0.5, 0.6) is 0 Å². The SMILES string of the molecule is Cc1cc2nc(CCC3CCCCC3)n(CCC#N)c2cc1C. The van der Waals surface area contributed by atoms with Crippen LogP contribution in [-0.4, -0.2) is 9.55 Å². The molecule has 0 saturated heterocycles. The molecule has 0 unspecified atom stereocenters. The number of aromatic nitrogens is 2. The number of rotatable bonds is 5. The summed E-state index contributed by atoms with van der Waals surface area (Å²) >= 11 is 0. The van der Waals surface area contributed by atoms with Gasteiger partial charge in [0.15, 0.2) is 0 Å². The van der Waals surface area contributed by atoms with E-state index in [2.05, 4.69) is 36.6 Å². The van der Waals surface area contributed by atoms with Gasteiger partial charge in [0, 0.05) is 13.0 Å². The van der Waals surface area contributed by atoms with Crippen LogP contribution in [0.3, 0.4) is 0 Å². The molecule has 2 aromatic rings. The Bertz CT molecular complexity index is 715. The summed E-state index contributed by atoms with van der Waals surface area (Å²) in [6, 6.07) is 6.71. The summed E-state index contributed by atoms with van der Waals surface area (Å²) in [5, 5.41) is 8.98. The number of hydrogen-bond acceptors (Lipinski definition) is 2. The molecule has 0 aliphatic heterocycles. The van der Waals surface area contributed by atoms with Gasteiger partial charge in [-0.25, -0.2) is 4.98 Å². The number of hydrogen-bond donors (Lipinski definition) is 0. The lowest BCUT2D eigenvalue weighted by Gasteiger charge is -2.21. The predicted molar refractivity (Wildman–Crippen MR) is 94.3 cm³/mol. The van der Waals surface area contributed by atoms with Crippen LogP contribution < -0.4 is 0 Å². The van der Waals surface area contributed by atoms with Crippen LogP contribution in [0.15, 0.2) is 12.1 Å². The van der Waals surface area contributed by atoms with Crippen molar-refractivity contribution in [2.75, 3.05) is 0 Å². The van der Waals surface area contributed by atoms with Crippen molar-refractivity contribution in [1.29, 1.82) is 5.26 Å². The van der Waals surface area contributed by atoms with Gasteiger partial charge in [-0.1, -0.05) is 32.1 Å². The van der Waals surface area contributed by atoms with E-state index in [1.165, 1.54) is 61.0 Å². The second-order valence-electron chi connectivity index (χ2n) is 7.06. The van der Waals surface area contributed by atoms with Crippen molar-refractivity contribution < 1.29 is 0 Å². The average molecular weight is 309 g/mol. The van der Waals surface area contributed by atoms with Gasteiger partial charge in [-0.15, -0.1) is 0 Å². The smallest absolute Gasteiger partial charge is 0.109 e. The van der Waals surface area contributed by atoms with E-state index in [0.29, 0.717) is 6.42 Å². The van der Waals surface area contributed by atoms with Gasteiger partial charge in [-0.2, -0.15) is 5.26 Å². The van der Waals surface area contributed by atoms with Crippen LogP contribution >= 0.6 is 0 Å². The average Bonchev–Trinajstić information content (AvgIpc) is 2.89. The van der Waals surface area contributed by atoms with E-state index < -0.39 is 0 Å². The Balaban J connectivity index is 1.86. The molecule has 0 N–H and O–H groups in total. The van der Waals surface area contributed by atoms with Crippen molar-refractivity contribution >= 4 is 11.0 Å².